The zero-order valence-corrected chi connectivity index (χ0v) is 9.17. The molecule has 0 unspecified atom stereocenters. The molecule has 0 aliphatic carbocycles. The molecular weight excluding hydrogens is 204 g/mol. The SMILES string of the molecule is CCCn1nnnc1NCc1cccnc1. The van der Waals surface area contributed by atoms with Gasteiger partial charge < -0.3 is 5.32 Å². The predicted molar refractivity (Wildman–Crippen MR) is 59.7 cm³/mol. The Morgan fingerprint density at radius 1 is 1.44 bits per heavy atom. The standard InChI is InChI=1S/C10H14N6/c1-2-6-16-10(13-14-15-16)12-8-9-4-3-5-11-7-9/h3-5,7H,2,6,8H2,1H3,(H,12,13,15). The number of rotatable bonds is 5. The van der Waals surface area contributed by atoms with Gasteiger partial charge in [0.05, 0.1) is 0 Å². The van der Waals surface area contributed by atoms with Crippen molar-refractivity contribution in [1.82, 2.24) is 25.2 Å². The van der Waals surface area contributed by atoms with Crippen LogP contribution in [0.2, 0.25) is 0 Å². The zero-order valence-electron chi connectivity index (χ0n) is 9.17. The molecule has 6 nitrogen and oxygen atoms in total. The number of tetrazole rings is 1. The van der Waals surface area contributed by atoms with Crippen LogP contribution >= 0.6 is 0 Å². The number of aryl methyl sites for hydroxylation is 1. The Morgan fingerprint density at radius 3 is 3.12 bits per heavy atom. The van der Waals surface area contributed by atoms with E-state index in [1.165, 1.54) is 0 Å². The third-order valence-electron chi connectivity index (χ3n) is 2.14. The molecule has 2 aromatic rings. The van der Waals surface area contributed by atoms with Crippen molar-refractivity contribution in [1.29, 1.82) is 0 Å². The Kier molecular flexibility index (Phi) is 3.42. The molecule has 6 heteroatoms. The molecule has 0 radical (unpaired) electrons. The molecule has 0 atom stereocenters. The third-order valence-corrected chi connectivity index (χ3v) is 2.14. The van der Waals surface area contributed by atoms with Crippen molar-refractivity contribution in [2.75, 3.05) is 5.32 Å². The Labute approximate surface area is 93.7 Å². The second-order valence-electron chi connectivity index (χ2n) is 3.44. The van der Waals surface area contributed by atoms with Crippen molar-refractivity contribution in [2.45, 2.75) is 26.4 Å². The van der Waals surface area contributed by atoms with E-state index in [4.69, 9.17) is 0 Å². The summed E-state index contributed by atoms with van der Waals surface area (Å²) in [6.45, 7) is 3.59. The number of anilines is 1. The largest absolute Gasteiger partial charge is 0.349 e. The zero-order chi connectivity index (χ0) is 11.2. The van der Waals surface area contributed by atoms with Crippen LogP contribution in [0.4, 0.5) is 5.95 Å². The third kappa shape index (κ3) is 2.53. The highest BCUT2D eigenvalue weighted by atomic mass is 15.6. The van der Waals surface area contributed by atoms with Crippen LogP contribution in [0.3, 0.4) is 0 Å². The van der Waals surface area contributed by atoms with Crippen LogP contribution in [0, 0.1) is 0 Å². The molecule has 0 amide bonds. The summed E-state index contributed by atoms with van der Waals surface area (Å²) in [5, 5.41) is 14.6. The Bertz CT molecular complexity index is 424. The second-order valence-corrected chi connectivity index (χ2v) is 3.44. The van der Waals surface area contributed by atoms with Gasteiger partial charge in [0.15, 0.2) is 0 Å². The number of hydrogen-bond acceptors (Lipinski definition) is 5. The molecule has 0 aromatic carbocycles. The van der Waals surface area contributed by atoms with E-state index in [2.05, 4.69) is 32.7 Å². The van der Waals surface area contributed by atoms with Gasteiger partial charge in [0.25, 0.3) is 0 Å². The lowest BCUT2D eigenvalue weighted by Gasteiger charge is -2.05. The molecule has 2 aromatic heterocycles. The summed E-state index contributed by atoms with van der Waals surface area (Å²) >= 11 is 0. The van der Waals surface area contributed by atoms with Crippen LogP contribution in [0.5, 0.6) is 0 Å². The second kappa shape index (κ2) is 5.20. The van der Waals surface area contributed by atoms with E-state index in [9.17, 15) is 0 Å². The van der Waals surface area contributed by atoms with E-state index in [-0.39, 0.29) is 0 Å². The van der Waals surface area contributed by atoms with Gasteiger partial charge in [-0.25, -0.2) is 4.68 Å². The lowest BCUT2D eigenvalue weighted by molar-refractivity contribution is 0.582. The minimum atomic E-state index is 0.678. The quantitative estimate of drug-likeness (QED) is 0.813. The van der Waals surface area contributed by atoms with Gasteiger partial charge in [-0.05, 0) is 28.5 Å². The Balaban J connectivity index is 1.97. The van der Waals surface area contributed by atoms with Gasteiger partial charge in [-0.15, -0.1) is 0 Å². The molecular formula is C10H14N6. The average molecular weight is 218 g/mol. The van der Waals surface area contributed by atoms with Crippen molar-refractivity contribution in [2.24, 2.45) is 0 Å². The summed E-state index contributed by atoms with van der Waals surface area (Å²) in [6.07, 6.45) is 4.58. The monoisotopic (exact) mass is 218 g/mol. The molecule has 2 rings (SSSR count). The van der Waals surface area contributed by atoms with Crippen molar-refractivity contribution in [3.8, 4) is 0 Å². The molecule has 0 aliphatic heterocycles. The highest BCUT2D eigenvalue weighted by molar-refractivity contribution is 5.24. The first-order chi connectivity index (χ1) is 7.90. The first-order valence-electron chi connectivity index (χ1n) is 5.29. The maximum Gasteiger partial charge on any atom is 0.243 e. The number of nitrogens with one attached hydrogen (secondary N) is 1. The van der Waals surface area contributed by atoms with Crippen molar-refractivity contribution in [3.63, 3.8) is 0 Å². The van der Waals surface area contributed by atoms with Gasteiger partial charge in [-0.1, -0.05) is 18.1 Å². The molecule has 0 spiro atoms. The van der Waals surface area contributed by atoms with Gasteiger partial charge in [-0.2, -0.15) is 0 Å². The van der Waals surface area contributed by atoms with Crippen LogP contribution in [0.15, 0.2) is 24.5 Å². The van der Waals surface area contributed by atoms with Gasteiger partial charge in [0, 0.05) is 25.5 Å². The molecule has 0 saturated heterocycles. The molecule has 0 aliphatic rings. The molecule has 0 fully saturated rings. The first-order valence-corrected chi connectivity index (χ1v) is 5.29. The lowest BCUT2D eigenvalue weighted by atomic mass is 10.3. The number of nitrogens with zero attached hydrogens (tertiary/aromatic N) is 5. The van der Waals surface area contributed by atoms with E-state index in [1.54, 1.807) is 10.9 Å². The fourth-order valence-corrected chi connectivity index (χ4v) is 1.38. The van der Waals surface area contributed by atoms with E-state index in [1.807, 2.05) is 18.3 Å². The van der Waals surface area contributed by atoms with Crippen LogP contribution in [-0.4, -0.2) is 25.2 Å². The van der Waals surface area contributed by atoms with Gasteiger partial charge >= 0.3 is 0 Å². The predicted octanol–water partition coefficient (Wildman–Crippen LogP) is 1.09. The fourth-order valence-electron chi connectivity index (χ4n) is 1.38. The van der Waals surface area contributed by atoms with E-state index < -0.39 is 0 Å². The first kappa shape index (κ1) is 10.5. The summed E-state index contributed by atoms with van der Waals surface area (Å²) in [6, 6.07) is 3.92. The highest BCUT2D eigenvalue weighted by Crippen LogP contribution is 2.04. The van der Waals surface area contributed by atoms with Crippen molar-refractivity contribution in [3.05, 3.63) is 30.1 Å². The summed E-state index contributed by atoms with van der Waals surface area (Å²) in [5.41, 5.74) is 1.11. The van der Waals surface area contributed by atoms with E-state index in [0.717, 1.165) is 18.5 Å². The summed E-state index contributed by atoms with van der Waals surface area (Å²) in [7, 11) is 0. The van der Waals surface area contributed by atoms with Crippen molar-refractivity contribution < 1.29 is 0 Å². The Hall–Kier alpha value is -1.98. The lowest BCUT2D eigenvalue weighted by Crippen LogP contribution is -2.08. The summed E-state index contributed by atoms with van der Waals surface area (Å²) in [4.78, 5) is 4.04. The van der Waals surface area contributed by atoms with Crippen molar-refractivity contribution >= 4 is 5.95 Å². The maximum absolute atomic E-state index is 4.04. The number of aromatic nitrogens is 5. The average Bonchev–Trinajstić information content (AvgIpc) is 2.76. The Morgan fingerprint density at radius 2 is 2.38 bits per heavy atom. The van der Waals surface area contributed by atoms with Gasteiger partial charge in [0.1, 0.15) is 0 Å². The van der Waals surface area contributed by atoms with E-state index in [0.29, 0.717) is 12.5 Å². The number of hydrogen-bond donors (Lipinski definition) is 1. The summed E-state index contributed by atoms with van der Waals surface area (Å²) < 4.78 is 1.76. The molecule has 16 heavy (non-hydrogen) atoms. The number of pyridine rings is 1. The normalized spacial score (nSPS) is 10.3. The van der Waals surface area contributed by atoms with E-state index >= 15 is 0 Å². The topological polar surface area (TPSA) is 68.5 Å². The molecule has 0 bridgehead atoms. The molecule has 2 heterocycles. The van der Waals surface area contributed by atoms with Crippen LogP contribution < -0.4 is 5.32 Å². The highest BCUT2D eigenvalue weighted by Gasteiger charge is 2.03. The summed E-state index contributed by atoms with van der Waals surface area (Å²) in [5.74, 6) is 0.700. The van der Waals surface area contributed by atoms with Crippen LogP contribution in [0.1, 0.15) is 18.9 Å². The maximum atomic E-state index is 4.04. The molecule has 84 valence electrons. The molecule has 1 N–H and O–H groups in total. The fraction of sp³-hybridized carbons (Fsp3) is 0.400. The van der Waals surface area contributed by atoms with Crippen LogP contribution in [0.25, 0.3) is 0 Å². The van der Waals surface area contributed by atoms with Crippen LogP contribution in [-0.2, 0) is 13.1 Å². The molecule has 0 saturated carbocycles. The van der Waals surface area contributed by atoms with Gasteiger partial charge in [0.2, 0.25) is 5.95 Å². The van der Waals surface area contributed by atoms with Gasteiger partial charge in [-0.3, -0.25) is 4.98 Å². The smallest absolute Gasteiger partial charge is 0.243 e. The minimum Gasteiger partial charge on any atom is -0.349 e. The minimum absolute atomic E-state index is 0.678.